The molecule has 1 fully saturated rings. The Morgan fingerprint density at radius 2 is 1.73 bits per heavy atom. The number of benzene rings is 1. The molecular weight excluding hydrogens is 536 g/mol. The van der Waals surface area contributed by atoms with Crippen LogP contribution in [0, 0.1) is 11.6 Å². The monoisotopic (exact) mass is 569 g/mol. The smallest absolute Gasteiger partial charge is 0.410 e. The van der Waals surface area contributed by atoms with Crippen molar-refractivity contribution in [2.45, 2.75) is 51.4 Å². The number of hydrogen-bond acceptors (Lipinski definition) is 7. The van der Waals surface area contributed by atoms with E-state index in [9.17, 15) is 9.90 Å². The molecule has 0 bridgehead atoms. The summed E-state index contributed by atoms with van der Waals surface area (Å²) in [6, 6.07) is 2.99. The summed E-state index contributed by atoms with van der Waals surface area (Å²) >= 11 is 0. The maximum atomic E-state index is 15.1. The van der Waals surface area contributed by atoms with Gasteiger partial charge >= 0.3 is 6.09 Å². The molecule has 1 aliphatic rings. The molecule has 3 aromatic heterocycles. The highest BCUT2D eigenvalue weighted by Gasteiger charge is 2.30. The normalized spacial score (nSPS) is 15.3. The predicted octanol–water partition coefficient (Wildman–Crippen LogP) is 5.38. The molecule has 10 nitrogen and oxygen atoms in total. The van der Waals surface area contributed by atoms with Gasteiger partial charge in [0.1, 0.15) is 17.4 Å². The molecule has 1 unspecified atom stereocenters. The van der Waals surface area contributed by atoms with E-state index in [-0.39, 0.29) is 29.2 Å². The molecule has 0 radical (unpaired) electrons. The number of piperidine rings is 1. The van der Waals surface area contributed by atoms with Gasteiger partial charge in [0, 0.05) is 59.8 Å². The molecule has 1 atom stereocenters. The molecule has 4 aromatic rings. The number of aliphatic hydroxyl groups is 1. The number of aromatic nitrogens is 4. The van der Waals surface area contributed by atoms with Crippen LogP contribution in [0.4, 0.5) is 13.6 Å². The number of aromatic amines is 1. The van der Waals surface area contributed by atoms with Gasteiger partial charge in [-0.2, -0.15) is 5.10 Å². The van der Waals surface area contributed by atoms with E-state index in [4.69, 9.17) is 14.2 Å². The number of amides is 1. The van der Waals surface area contributed by atoms with E-state index >= 15 is 8.78 Å². The van der Waals surface area contributed by atoms with Gasteiger partial charge in [0.15, 0.2) is 23.1 Å². The van der Waals surface area contributed by atoms with Crippen LogP contribution in [-0.2, 0) is 4.74 Å². The number of nitrogens with one attached hydrogen (secondary N) is 1. The zero-order valence-electron chi connectivity index (χ0n) is 23.6. The van der Waals surface area contributed by atoms with Crippen molar-refractivity contribution in [1.29, 1.82) is 0 Å². The molecule has 5 rings (SSSR count). The molecular formula is C29H33F2N5O5. The van der Waals surface area contributed by atoms with Crippen LogP contribution in [0.2, 0.25) is 0 Å². The van der Waals surface area contributed by atoms with Gasteiger partial charge in [0.25, 0.3) is 0 Å². The van der Waals surface area contributed by atoms with Crippen LogP contribution in [0.15, 0.2) is 36.9 Å². The third kappa shape index (κ3) is 5.56. The Balaban J connectivity index is 1.38. The van der Waals surface area contributed by atoms with E-state index in [0.29, 0.717) is 29.7 Å². The Morgan fingerprint density at radius 1 is 1.07 bits per heavy atom. The van der Waals surface area contributed by atoms with Gasteiger partial charge in [-0.05, 0) is 39.7 Å². The molecule has 1 aromatic carbocycles. The van der Waals surface area contributed by atoms with E-state index in [0.717, 1.165) is 24.5 Å². The van der Waals surface area contributed by atoms with Gasteiger partial charge in [0.05, 0.1) is 32.0 Å². The number of carbonyl (C=O) groups excluding carboxylic acids is 1. The average Bonchev–Trinajstić information content (AvgIpc) is 3.60. The van der Waals surface area contributed by atoms with Gasteiger partial charge in [0.2, 0.25) is 0 Å². The molecule has 41 heavy (non-hydrogen) atoms. The van der Waals surface area contributed by atoms with Gasteiger partial charge in [-0.1, -0.05) is 0 Å². The number of aliphatic hydroxyl groups excluding tert-OH is 1. The van der Waals surface area contributed by atoms with Crippen molar-refractivity contribution in [3.05, 3.63) is 59.7 Å². The fraction of sp³-hybridized carbons (Fsp3) is 0.414. The lowest BCUT2D eigenvalue weighted by Crippen LogP contribution is -2.42. The molecule has 0 spiro atoms. The van der Waals surface area contributed by atoms with Crippen LogP contribution < -0.4 is 9.47 Å². The van der Waals surface area contributed by atoms with Crippen molar-refractivity contribution in [1.82, 2.24) is 24.6 Å². The lowest BCUT2D eigenvalue weighted by atomic mass is 9.98. The van der Waals surface area contributed by atoms with Crippen LogP contribution >= 0.6 is 0 Å². The van der Waals surface area contributed by atoms with Gasteiger partial charge in [-0.25, -0.2) is 18.6 Å². The summed E-state index contributed by atoms with van der Waals surface area (Å²) in [5.41, 5.74) is 1.06. The van der Waals surface area contributed by atoms with Crippen molar-refractivity contribution >= 4 is 17.1 Å². The molecule has 4 heterocycles. The number of carbonyl (C=O) groups is 1. The van der Waals surface area contributed by atoms with Gasteiger partial charge < -0.3 is 29.2 Å². The van der Waals surface area contributed by atoms with Crippen molar-refractivity contribution < 1.29 is 32.9 Å². The highest BCUT2D eigenvalue weighted by atomic mass is 19.1. The number of fused-ring (bicyclic) bond motifs is 1. The topological polar surface area (TPSA) is 115 Å². The number of methoxy groups -OCH3 is 2. The van der Waals surface area contributed by atoms with Crippen molar-refractivity contribution in [3.63, 3.8) is 0 Å². The lowest BCUT2D eigenvalue weighted by Gasteiger charge is -2.33. The third-order valence-electron chi connectivity index (χ3n) is 7.16. The molecule has 1 saturated heterocycles. The zero-order chi connectivity index (χ0) is 29.5. The summed E-state index contributed by atoms with van der Waals surface area (Å²) < 4.78 is 47.6. The largest absolute Gasteiger partial charge is 0.494 e. The van der Waals surface area contributed by atoms with Gasteiger partial charge in [-0.15, -0.1) is 0 Å². The second-order valence-corrected chi connectivity index (χ2v) is 11.0. The second-order valence-electron chi connectivity index (χ2n) is 11.0. The molecule has 1 aliphatic heterocycles. The van der Waals surface area contributed by atoms with E-state index in [2.05, 4.69) is 15.1 Å². The summed E-state index contributed by atoms with van der Waals surface area (Å²) in [5, 5.41) is 16.2. The first kappa shape index (κ1) is 28.3. The molecule has 1 amide bonds. The van der Waals surface area contributed by atoms with Crippen LogP contribution in [0.3, 0.4) is 0 Å². The number of pyridine rings is 1. The Hall–Kier alpha value is -4.19. The van der Waals surface area contributed by atoms with Crippen molar-refractivity contribution in [2.24, 2.45) is 0 Å². The number of rotatable bonds is 6. The Morgan fingerprint density at radius 3 is 2.34 bits per heavy atom. The Kier molecular flexibility index (Phi) is 7.60. The van der Waals surface area contributed by atoms with Crippen LogP contribution in [0.1, 0.15) is 56.9 Å². The number of hydrogen-bond donors (Lipinski definition) is 2. The van der Waals surface area contributed by atoms with Crippen molar-refractivity contribution in [2.75, 3.05) is 27.3 Å². The summed E-state index contributed by atoms with van der Waals surface area (Å²) in [7, 11) is 2.50. The SMILES string of the molecule is COc1cc(OC)c(F)c(C(O)c2c[nH]c3ncc(-c4cnn(C5CCN(C(=O)OC(C)(C)C)CC5)c4)cc23)c1F. The fourth-order valence-corrected chi connectivity index (χ4v) is 5.03. The molecule has 0 saturated carbocycles. The summed E-state index contributed by atoms with van der Waals surface area (Å²) in [5.74, 6) is -2.54. The molecule has 2 N–H and O–H groups in total. The second kappa shape index (κ2) is 11.0. The maximum Gasteiger partial charge on any atom is 0.410 e. The lowest BCUT2D eigenvalue weighted by molar-refractivity contribution is 0.0184. The first-order chi connectivity index (χ1) is 19.5. The molecule has 12 heteroatoms. The molecule has 0 aliphatic carbocycles. The van der Waals surface area contributed by atoms with E-state index < -0.39 is 28.9 Å². The minimum atomic E-state index is -1.66. The quantitative estimate of drug-likeness (QED) is 0.321. The predicted molar refractivity (Wildman–Crippen MR) is 147 cm³/mol. The number of ether oxygens (including phenoxy) is 3. The van der Waals surface area contributed by atoms with Gasteiger partial charge in [-0.3, -0.25) is 4.68 Å². The van der Waals surface area contributed by atoms with E-state index in [1.807, 2.05) is 31.6 Å². The number of nitrogens with zero attached hydrogens (tertiary/aromatic N) is 4. The highest BCUT2D eigenvalue weighted by Crippen LogP contribution is 2.39. The summed E-state index contributed by atoms with van der Waals surface area (Å²) in [4.78, 5) is 21.5. The van der Waals surface area contributed by atoms with E-state index in [1.165, 1.54) is 20.4 Å². The Bertz CT molecular complexity index is 1540. The highest BCUT2D eigenvalue weighted by molar-refractivity contribution is 5.85. The number of H-pyrrole nitrogens is 1. The Labute approximate surface area is 235 Å². The third-order valence-corrected chi connectivity index (χ3v) is 7.16. The minimum Gasteiger partial charge on any atom is -0.494 e. The van der Waals surface area contributed by atoms with Crippen LogP contribution in [-0.4, -0.2) is 68.8 Å². The average molecular weight is 570 g/mol. The fourth-order valence-electron chi connectivity index (χ4n) is 5.03. The first-order valence-electron chi connectivity index (χ1n) is 13.3. The van der Waals surface area contributed by atoms with Crippen molar-refractivity contribution in [3.8, 4) is 22.6 Å². The van der Waals surface area contributed by atoms with E-state index in [1.54, 1.807) is 23.4 Å². The first-order valence-corrected chi connectivity index (χ1v) is 13.3. The minimum absolute atomic E-state index is 0.109. The maximum absolute atomic E-state index is 15.1. The summed E-state index contributed by atoms with van der Waals surface area (Å²) in [6.45, 7) is 6.67. The zero-order valence-corrected chi connectivity index (χ0v) is 23.6. The number of halogens is 2. The van der Waals surface area contributed by atoms with Crippen LogP contribution in [0.5, 0.6) is 11.5 Å². The number of likely N-dealkylation sites (tertiary alicyclic amines) is 1. The standard InChI is InChI=1S/C29H33F2N5O5/c1-29(2,3)41-28(38)35-8-6-18(7-9-35)36-15-17(13-34-36)16-10-19-20(14-33-27(19)32-12-16)26(37)23-24(30)21(39-4)11-22(40-5)25(23)31/h10-15,18,26,37H,6-9H2,1-5H3,(H,32,33). The van der Waals surface area contributed by atoms with Crippen LogP contribution in [0.25, 0.3) is 22.2 Å². The molecule has 218 valence electrons. The summed E-state index contributed by atoms with van der Waals surface area (Å²) in [6.07, 6.45) is 6.25.